The Morgan fingerprint density at radius 3 is 2.65 bits per heavy atom. The third kappa shape index (κ3) is 3.35. The van der Waals surface area contributed by atoms with Crippen molar-refractivity contribution in [2.45, 2.75) is 13.8 Å². The summed E-state index contributed by atoms with van der Waals surface area (Å²) in [5, 5.41) is 3.66. The molecule has 0 atom stereocenters. The highest BCUT2D eigenvalue weighted by atomic mass is 35.5. The molecule has 2 aromatic heterocycles. The van der Waals surface area contributed by atoms with Gasteiger partial charge in [0.2, 0.25) is 5.88 Å². The second-order valence-corrected chi connectivity index (χ2v) is 6.23. The number of halogens is 1. The van der Waals surface area contributed by atoms with Crippen molar-refractivity contribution in [1.29, 1.82) is 0 Å². The normalized spacial score (nSPS) is 15.0. The van der Waals surface area contributed by atoms with Gasteiger partial charge >= 0.3 is 0 Å². The van der Waals surface area contributed by atoms with E-state index in [1.807, 2.05) is 12.2 Å². The number of ether oxygens (including phenoxy) is 1. The van der Waals surface area contributed by atoms with Gasteiger partial charge in [-0.25, -0.2) is 9.97 Å². The molecule has 0 aromatic carbocycles. The van der Waals surface area contributed by atoms with Crippen LogP contribution in [0.25, 0.3) is 12.2 Å². The molecule has 0 bridgehead atoms. The van der Waals surface area contributed by atoms with Crippen molar-refractivity contribution in [2.24, 2.45) is 5.41 Å². The van der Waals surface area contributed by atoms with Gasteiger partial charge in [0.05, 0.1) is 17.8 Å². The lowest BCUT2D eigenvalue weighted by molar-refractivity contribution is 0.398. The third-order valence-corrected chi connectivity index (χ3v) is 3.84. The average molecular weight is 329 g/mol. The van der Waals surface area contributed by atoms with Gasteiger partial charge < -0.3 is 10.1 Å². The predicted molar refractivity (Wildman–Crippen MR) is 93.0 cm³/mol. The van der Waals surface area contributed by atoms with Crippen LogP contribution in [0.1, 0.15) is 25.1 Å². The lowest BCUT2D eigenvalue weighted by atomic mass is 9.93. The van der Waals surface area contributed by atoms with Crippen molar-refractivity contribution in [2.75, 3.05) is 12.4 Å². The van der Waals surface area contributed by atoms with Crippen molar-refractivity contribution in [3.63, 3.8) is 0 Å². The Balaban J connectivity index is 2.02. The van der Waals surface area contributed by atoms with Crippen LogP contribution >= 0.6 is 11.6 Å². The van der Waals surface area contributed by atoms with Crippen LogP contribution in [0.15, 0.2) is 30.6 Å². The molecule has 2 aromatic rings. The standard InChI is InChI=1S/C17H17ClN4O/c1-17(2)8-6-11-13(7-9-17)19-10-20-15(11)22-16-12(18)4-5-14(21-16)23-3/h4-10H,1-3H3,(H,19,20,21,22). The Bertz CT molecular complexity index is 799. The summed E-state index contributed by atoms with van der Waals surface area (Å²) < 4.78 is 5.14. The summed E-state index contributed by atoms with van der Waals surface area (Å²) in [6, 6.07) is 3.44. The number of nitrogens with zero attached hydrogens (tertiary/aromatic N) is 3. The molecule has 5 nitrogen and oxygen atoms in total. The minimum atomic E-state index is -0.0379. The van der Waals surface area contributed by atoms with Crippen LogP contribution in [0.4, 0.5) is 11.6 Å². The molecule has 0 fully saturated rings. The molecule has 3 rings (SSSR count). The van der Waals surface area contributed by atoms with Crippen molar-refractivity contribution in [1.82, 2.24) is 15.0 Å². The predicted octanol–water partition coefficient (Wildman–Crippen LogP) is 4.34. The van der Waals surface area contributed by atoms with E-state index >= 15 is 0 Å². The number of anilines is 2. The molecule has 2 heterocycles. The second kappa shape index (κ2) is 6.01. The summed E-state index contributed by atoms with van der Waals surface area (Å²) in [5.41, 5.74) is 1.71. The molecule has 23 heavy (non-hydrogen) atoms. The van der Waals surface area contributed by atoms with Crippen LogP contribution in [0.2, 0.25) is 5.02 Å². The van der Waals surface area contributed by atoms with Crippen LogP contribution in [0.3, 0.4) is 0 Å². The Labute approximate surface area is 140 Å². The molecule has 0 aliphatic heterocycles. The van der Waals surface area contributed by atoms with Gasteiger partial charge in [0.1, 0.15) is 12.1 Å². The smallest absolute Gasteiger partial charge is 0.214 e. The van der Waals surface area contributed by atoms with Crippen LogP contribution in [-0.2, 0) is 0 Å². The zero-order valence-corrected chi connectivity index (χ0v) is 13.9. The lowest BCUT2D eigenvalue weighted by Gasteiger charge is -2.12. The van der Waals surface area contributed by atoms with Crippen LogP contribution in [0.5, 0.6) is 5.88 Å². The van der Waals surface area contributed by atoms with Gasteiger partial charge in [-0.15, -0.1) is 0 Å². The highest BCUT2D eigenvalue weighted by Gasteiger charge is 2.17. The maximum absolute atomic E-state index is 6.21. The first kappa shape index (κ1) is 15.5. The van der Waals surface area contributed by atoms with Crippen molar-refractivity contribution < 1.29 is 4.74 Å². The summed E-state index contributed by atoms with van der Waals surface area (Å²) >= 11 is 6.21. The van der Waals surface area contributed by atoms with Crippen LogP contribution in [-0.4, -0.2) is 22.1 Å². The van der Waals surface area contributed by atoms with Gasteiger partial charge in [-0.05, 0) is 12.1 Å². The Morgan fingerprint density at radius 2 is 1.87 bits per heavy atom. The average Bonchev–Trinajstić information content (AvgIpc) is 2.69. The van der Waals surface area contributed by atoms with E-state index in [1.54, 1.807) is 19.2 Å². The van der Waals surface area contributed by atoms with Gasteiger partial charge in [0.15, 0.2) is 5.82 Å². The van der Waals surface area contributed by atoms with E-state index in [0.29, 0.717) is 22.5 Å². The molecule has 0 spiro atoms. The fourth-order valence-corrected chi connectivity index (χ4v) is 2.34. The number of methoxy groups -OCH3 is 1. The fraction of sp³-hybridized carbons (Fsp3) is 0.235. The van der Waals surface area contributed by atoms with Gasteiger partial charge in [-0.1, -0.05) is 43.7 Å². The number of aromatic nitrogens is 3. The molecule has 6 heteroatoms. The minimum Gasteiger partial charge on any atom is -0.481 e. The van der Waals surface area contributed by atoms with E-state index in [1.165, 1.54) is 6.33 Å². The van der Waals surface area contributed by atoms with E-state index in [2.05, 4.69) is 46.3 Å². The molecular formula is C17H17ClN4O. The maximum atomic E-state index is 6.21. The van der Waals surface area contributed by atoms with E-state index in [-0.39, 0.29) is 5.41 Å². The highest BCUT2D eigenvalue weighted by molar-refractivity contribution is 6.33. The fourth-order valence-electron chi connectivity index (χ4n) is 2.19. The Kier molecular flexibility index (Phi) is 4.05. The number of fused-ring (bicyclic) bond motifs is 1. The number of allylic oxidation sites excluding steroid dienone is 2. The molecule has 1 aliphatic rings. The SMILES string of the molecule is COc1ccc(Cl)c(Nc2ncnc3c2C=CC(C)(C)C=C3)n1. The summed E-state index contributed by atoms with van der Waals surface area (Å²) in [4.78, 5) is 13.0. The van der Waals surface area contributed by atoms with Crippen molar-refractivity contribution >= 4 is 35.4 Å². The number of nitrogens with one attached hydrogen (secondary N) is 1. The zero-order valence-electron chi connectivity index (χ0n) is 13.2. The van der Waals surface area contributed by atoms with E-state index in [4.69, 9.17) is 16.3 Å². The number of hydrogen-bond acceptors (Lipinski definition) is 5. The van der Waals surface area contributed by atoms with Gasteiger partial charge in [0, 0.05) is 17.0 Å². The van der Waals surface area contributed by atoms with Gasteiger partial charge in [-0.3, -0.25) is 0 Å². The molecule has 0 radical (unpaired) electrons. The molecule has 1 N–H and O–H groups in total. The van der Waals surface area contributed by atoms with Crippen molar-refractivity contribution in [3.05, 3.63) is 46.9 Å². The first-order valence-electron chi connectivity index (χ1n) is 7.19. The summed E-state index contributed by atoms with van der Waals surface area (Å²) in [6.45, 7) is 4.26. The Hall–Kier alpha value is -2.40. The first-order chi connectivity index (χ1) is 11.0. The zero-order chi connectivity index (χ0) is 16.4. The second-order valence-electron chi connectivity index (χ2n) is 5.82. The quantitative estimate of drug-likeness (QED) is 0.908. The van der Waals surface area contributed by atoms with Crippen LogP contribution in [0, 0.1) is 5.41 Å². The molecule has 0 amide bonds. The molecule has 118 valence electrons. The molecule has 0 unspecified atom stereocenters. The van der Waals surface area contributed by atoms with E-state index in [0.717, 1.165) is 11.3 Å². The third-order valence-electron chi connectivity index (χ3n) is 3.53. The minimum absolute atomic E-state index is 0.0379. The molecule has 0 saturated carbocycles. The van der Waals surface area contributed by atoms with Gasteiger partial charge in [0.25, 0.3) is 0 Å². The number of hydrogen-bond donors (Lipinski definition) is 1. The highest BCUT2D eigenvalue weighted by Crippen LogP contribution is 2.32. The van der Waals surface area contributed by atoms with Crippen LogP contribution < -0.4 is 10.1 Å². The topological polar surface area (TPSA) is 59.9 Å². The molecule has 0 saturated heterocycles. The van der Waals surface area contributed by atoms with Gasteiger partial charge in [-0.2, -0.15) is 4.98 Å². The Morgan fingerprint density at radius 1 is 1.09 bits per heavy atom. The summed E-state index contributed by atoms with van der Waals surface area (Å²) in [7, 11) is 1.56. The molecule has 1 aliphatic carbocycles. The number of rotatable bonds is 3. The lowest BCUT2D eigenvalue weighted by Crippen LogP contribution is -2.02. The molecular weight excluding hydrogens is 312 g/mol. The largest absolute Gasteiger partial charge is 0.481 e. The maximum Gasteiger partial charge on any atom is 0.214 e. The summed E-state index contributed by atoms with van der Waals surface area (Å²) in [6.07, 6.45) is 9.77. The van der Waals surface area contributed by atoms with E-state index in [9.17, 15) is 0 Å². The number of pyridine rings is 1. The monoisotopic (exact) mass is 328 g/mol. The van der Waals surface area contributed by atoms with Crippen molar-refractivity contribution in [3.8, 4) is 5.88 Å². The summed E-state index contributed by atoms with van der Waals surface area (Å²) in [5.74, 6) is 1.62. The first-order valence-corrected chi connectivity index (χ1v) is 7.57. The van der Waals surface area contributed by atoms with E-state index < -0.39 is 0 Å².